The minimum atomic E-state index is -0.868. The van der Waals surface area contributed by atoms with Crippen molar-refractivity contribution in [3.05, 3.63) is 22.1 Å². The SMILES string of the molecule is O=C(O)CCc1c[nH]n(C2CCCC2)c1=O. The van der Waals surface area contributed by atoms with Gasteiger partial charge in [0.05, 0.1) is 6.04 Å². The van der Waals surface area contributed by atoms with Crippen LogP contribution in [0.15, 0.2) is 11.0 Å². The zero-order chi connectivity index (χ0) is 11.5. The third-order valence-electron chi connectivity index (χ3n) is 3.17. The molecule has 2 rings (SSSR count). The molecule has 1 aromatic heterocycles. The molecule has 0 bridgehead atoms. The Morgan fingerprint density at radius 1 is 1.50 bits per heavy atom. The predicted octanol–water partition coefficient (Wildman–Crippen LogP) is 1.31. The van der Waals surface area contributed by atoms with Crippen molar-refractivity contribution in [3.63, 3.8) is 0 Å². The Morgan fingerprint density at radius 2 is 2.19 bits per heavy atom. The van der Waals surface area contributed by atoms with Gasteiger partial charge in [0.2, 0.25) is 0 Å². The van der Waals surface area contributed by atoms with Gasteiger partial charge in [0.15, 0.2) is 0 Å². The van der Waals surface area contributed by atoms with E-state index in [0.29, 0.717) is 12.0 Å². The molecule has 0 atom stereocenters. The van der Waals surface area contributed by atoms with Crippen LogP contribution < -0.4 is 5.56 Å². The number of carboxylic acid groups (broad SMARTS) is 1. The van der Waals surface area contributed by atoms with Gasteiger partial charge in [0.1, 0.15) is 0 Å². The normalized spacial score (nSPS) is 16.8. The number of hydrogen-bond acceptors (Lipinski definition) is 2. The zero-order valence-electron chi connectivity index (χ0n) is 9.11. The summed E-state index contributed by atoms with van der Waals surface area (Å²) < 4.78 is 1.66. The second kappa shape index (κ2) is 4.55. The van der Waals surface area contributed by atoms with E-state index in [1.165, 1.54) is 12.8 Å². The van der Waals surface area contributed by atoms with Crippen molar-refractivity contribution in [1.82, 2.24) is 9.78 Å². The molecule has 0 aliphatic heterocycles. The predicted molar refractivity (Wildman–Crippen MR) is 58.5 cm³/mol. The molecule has 0 radical (unpaired) electrons. The Balaban J connectivity index is 2.10. The summed E-state index contributed by atoms with van der Waals surface area (Å²) in [6, 6.07) is 0.283. The topological polar surface area (TPSA) is 75.1 Å². The van der Waals surface area contributed by atoms with E-state index >= 15 is 0 Å². The molecule has 2 N–H and O–H groups in total. The number of aromatic amines is 1. The summed E-state index contributed by atoms with van der Waals surface area (Å²) in [5, 5.41) is 11.5. The summed E-state index contributed by atoms with van der Waals surface area (Å²) >= 11 is 0. The Kier molecular flexibility index (Phi) is 3.12. The standard InChI is InChI=1S/C11H16N2O3/c14-10(15)6-5-8-7-12-13(11(8)16)9-3-1-2-4-9/h7,9,12H,1-6H2,(H,14,15). The van der Waals surface area contributed by atoms with E-state index in [4.69, 9.17) is 5.11 Å². The summed E-state index contributed by atoms with van der Waals surface area (Å²) in [6.45, 7) is 0. The van der Waals surface area contributed by atoms with Crippen LogP contribution in [0.25, 0.3) is 0 Å². The summed E-state index contributed by atoms with van der Waals surface area (Å²) in [7, 11) is 0. The minimum absolute atomic E-state index is 0.0117. The highest BCUT2D eigenvalue weighted by Gasteiger charge is 2.20. The Labute approximate surface area is 93.1 Å². The van der Waals surface area contributed by atoms with Crippen LogP contribution in [0.2, 0.25) is 0 Å². The number of nitrogens with zero attached hydrogens (tertiary/aromatic N) is 1. The maximum Gasteiger partial charge on any atom is 0.303 e. The highest BCUT2D eigenvalue weighted by Crippen LogP contribution is 2.27. The molecular formula is C11H16N2O3. The van der Waals surface area contributed by atoms with E-state index < -0.39 is 5.97 Å². The average molecular weight is 224 g/mol. The van der Waals surface area contributed by atoms with E-state index in [1.54, 1.807) is 10.9 Å². The van der Waals surface area contributed by atoms with E-state index in [1.807, 2.05) is 0 Å². The lowest BCUT2D eigenvalue weighted by Crippen LogP contribution is -2.22. The minimum Gasteiger partial charge on any atom is -0.481 e. The fourth-order valence-electron chi connectivity index (χ4n) is 2.28. The third-order valence-corrected chi connectivity index (χ3v) is 3.17. The van der Waals surface area contributed by atoms with E-state index in [0.717, 1.165) is 12.8 Å². The van der Waals surface area contributed by atoms with Crippen LogP contribution in [0.5, 0.6) is 0 Å². The summed E-state index contributed by atoms with van der Waals surface area (Å²) in [4.78, 5) is 22.3. The number of aryl methyl sites for hydroxylation is 1. The van der Waals surface area contributed by atoms with Gasteiger partial charge in [0, 0.05) is 18.2 Å². The van der Waals surface area contributed by atoms with E-state index in [9.17, 15) is 9.59 Å². The number of H-pyrrole nitrogens is 1. The molecule has 1 saturated carbocycles. The van der Waals surface area contributed by atoms with E-state index in [2.05, 4.69) is 5.10 Å². The number of aromatic nitrogens is 2. The molecule has 5 heteroatoms. The molecule has 88 valence electrons. The lowest BCUT2D eigenvalue weighted by atomic mass is 10.2. The Bertz CT molecular complexity index is 427. The van der Waals surface area contributed by atoms with Crippen LogP contribution in [-0.4, -0.2) is 20.9 Å². The van der Waals surface area contributed by atoms with Crippen LogP contribution in [0.3, 0.4) is 0 Å². The number of carboxylic acids is 1. The maximum absolute atomic E-state index is 11.9. The first-order chi connectivity index (χ1) is 7.68. The van der Waals surface area contributed by atoms with Crippen molar-refractivity contribution < 1.29 is 9.90 Å². The molecule has 0 amide bonds. The summed E-state index contributed by atoms with van der Waals surface area (Å²) in [5.74, 6) is -0.868. The lowest BCUT2D eigenvalue weighted by molar-refractivity contribution is -0.136. The summed E-state index contributed by atoms with van der Waals surface area (Å²) in [5.41, 5.74) is 0.530. The van der Waals surface area contributed by atoms with Crippen LogP contribution >= 0.6 is 0 Å². The fourth-order valence-corrected chi connectivity index (χ4v) is 2.28. The van der Waals surface area contributed by atoms with Crippen molar-refractivity contribution in [2.45, 2.75) is 44.6 Å². The van der Waals surface area contributed by atoms with Crippen LogP contribution in [-0.2, 0) is 11.2 Å². The average Bonchev–Trinajstić information content (AvgIpc) is 2.84. The smallest absolute Gasteiger partial charge is 0.303 e. The molecular weight excluding hydrogens is 208 g/mol. The maximum atomic E-state index is 11.9. The first kappa shape index (κ1) is 11.0. The molecule has 1 fully saturated rings. The van der Waals surface area contributed by atoms with Crippen molar-refractivity contribution in [3.8, 4) is 0 Å². The molecule has 1 aromatic rings. The lowest BCUT2D eigenvalue weighted by Gasteiger charge is -2.08. The number of aliphatic carboxylic acids is 1. The molecule has 0 saturated heterocycles. The second-order valence-corrected chi connectivity index (χ2v) is 4.31. The van der Waals surface area contributed by atoms with Crippen molar-refractivity contribution >= 4 is 5.97 Å². The molecule has 1 heterocycles. The first-order valence-electron chi connectivity index (χ1n) is 5.69. The van der Waals surface area contributed by atoms with Gasteiger partial charge in [-0.2, -0.15) is 0 Å². The quantitative estimate of drug-likeness (QED) is 0.809. The van der Waals surface area contributed by atoms with Gasteiger partial charge < -0.3 is 10.2 Å². The monoisotopic (exact) mass is 224 g/mol. The number of nitrogens with one attached hydrogen (secondary N) is 1. The van der Waals surface area contributed by atoms with Crippen LogP contribution in [0.1, 0.15) is 43.7 Å². The molecule has 16 heavy (non-hydrogen) atoms. The van der Waals surface area contributed by atoms with Crippen molar-refractivity contribution in [1.29, 1.82) is 0 Å². The second-order valence-electron chi connectivity index (χ2n) is 4.31. The number of hydrogen-bond donors (Lipinski definition) is 2. The van der Waals surface area contributed by atoms with Crippen LogP contribution in [0.4, 0.5) is 0 Å². The van der Waals surface area contributed by atoms with Gasteiger partial charge in [-0.3, -0.25) is 9.59 Å². The molecule has 0 spiro atoms. The molecule has 5 nitrogen and oxygen atoms in total. The highest BCUT2D eigenvalue weighted by atomic mass is 16.4. The third kappa shape index (κ3) is 2.18. The van der Waals surface area contributed by atoms with Gasteiger partial charge in [-0.1, -0.05) is 12.8 Å². The van der Waals surface area contributed by atoms with E-state index in [-0.39, 0.29) is 18.0 Å². The van der Waals surface area contributed by atoms with Gasteiger partial charge >= 0.3 is 5.97 Å². The summed E-state index contributed by atoms with van der Waals surface area (Å²) in [6.07, 6.45) is 6.38. The van der Waals surface area contributed by atoms with Gasteiger partial charge in [-0.15, -0.1) is 0 Å². The molecule has 0 aromatic carbocycles. The largest absolute Gasteiger partial charge is 0.481 e. The molecule has 0 unspecified atom stereocenters. The number of carbonyl (C=O) groups is 1. The Hall–Kier alpha value is -1.52. The van der Waals surface area contributed by atoms with Gasteiger partial charge in [0.25, 0.3) is 5.56 Å². The van der Waals surface area contributed by atoms with Gasteiger partial charge in [-0.25, -0.2) is 4.68 Å². The number of rotatable bonds is 4. The zero-order valence-corrected chi connectivity index (χ0v) is 9.11. The first-order valence-corrected chi connectivity index (χ1v) is 5.69. The fraction of sp³-hybridized carbons (Fsp3) is 0.636. The van der Waals surface area contributed by atoms with Crippen molar-refractivity contribution in [2.75, 3.05) is 0 Å². The molecule has 1 aliphatic carbocycles. The van der Waals surface area contributed by atoms with Crippen LogP contribution in [0, 0.1) is 0 Å². The van der Waals surface area contributed by atoms with Gasteiger partial charge in [-0.05, 0) is 19.3 Å². The highest BCUT2D eigenvalue weighted by molar-refractivity contribution is 5.67. The van der Waals surface area contributed by atoms with Crippen molar-refractivity contribution in [2.24, 2.45) is 0 Å². The Morgan fingerprint density at radius 3 is 2.81 bits per heavy atom. The molecule has 1 aliphatic rings.